The Morgan fingerprint density at radius 1 is 1.39 bits per heavy atom. The summed E-state index contributed by atoms with van der Waals surface area (Å²) in [5.41, 5.74) is 0.0390. The molecule has 1 fully saturated rings. The fourth-order valence-corrected chi connectivity index (χ4v) is 2.05. The molecule has 18 heavy (non-hydrogen) atoms. The predicted octanol–water partition coefficient (Wildman–Crippen LogP) is 2.25. The highest BCUT2D eigenvalue weighted by atomic mass is 19.1. The summed E-state index contributed by atoms with van der Waals surface area (Å²) in [5, 5.41) is 10.5. The molecule has 0 unspecified atom stereocenters. The highest BCUT2D eigenvalue weighted by molar-refractivity contribution is 5.76. The number of hydrogen-bond donors (Lipinski definition) is 0. The summed E-state index contributed by atoms with van der Waals surface area (Å²) < 4.78 is 13.4. The largest absolute Gasteiger partial charge is 0.338 e. The molecule has 1 aromatic rings. The number of likely N-dealkylation sites (tertiary alicyclic amines) is 1. The molecule has 1 aliphatic rings. The van der Waals surface area contributed by atoms with Gasteiger partial charge < -0.3 is 4.90 Å². The van der Waals surface area contributed by atoms with Gasteiger partial charge >= 0.3 is 5.69 Å². The van der Waals surface area contributed by atoms with Crippen LogP contribution in [0.4, 0.5) is 10.1 Å². The zero-order chi connectivity index (χ0) is 13.1. The Labute approximate surface area is 103 Å². The van der Waals surface area contributed by atoms with Gasteiger partial charge in [0.2, 0.25) is 11.7 Å². The topological polar surface area (TPSA) is 63.5 Å². The summed E-state index contributed by atoms with van der Waals surface area (Å²) in [5.74, 6) is -0.804. The number of rotatable bonds is 3. The minimum Gasteiger partial charge on any atom is -0.338 e. The molecule has 1 amide bonds. The Morgan fingerprint density at radius 3 is 2.78 bits per heavy atom. The molecule has 0 saturated carbocycles. The Morgan fingerprint density at radius 2 is 2.17 bits per heavy atom. The van der Waals surface area contributed by atoms with Crippen LogP contribution >= 0.6 is 0 Å². The van der Waals surface area contributed by atoms with E-state index in [2.05, 4.69) is 0 Å². The summed E-state index contributed by atoms with van der Waals surface area (Å²) in [6, 6.07) is 3.75. The van der Waals surface area contributed by atoms with Crippen molar-refractivity contribution in [3.63, 3.8) is 0 Å². The first-order valence-corrected chi connectivity index (χ1v) is 5.78. The van der Waals surface area contributed by atoms with E-state index in [1.165, 1.54) is 6.07 Å². The van der Waals surface area contributed by atoms with Crippen LogP contribution in [0.15, 0.2) is 18.2 Å². The number of amides is 1. The van der Waals surface area contributed by atoms with Crippen molar-refractivity contribution in [2.24, 2.45) is 0 Å². The zero-order valence-electron chi connectivity index (χ0n) is 9.76. The summed E-state index contributed by atoms with van der Waals surface area (Å²) in [4.78, 5) is 23.0. The molecular weight excluding hydrogens is 239 g/mol. The number of nitro benzene ring substituents is 1. The van der Waals surface area contributed by atoms with Crippen LogP contribution in [-0.4, -0.2) is 22.3 Å². The van der Waals surface area contributed by atoms with E-state index in [9.17, 15) is 19.3 Å². The zero-order valence-corrected chi connectivity index (χ0v) is 9.76. The van der Waals surface area contributed by atoms with E-state index >= 15 is 0 Å². The Bertz CT molecular complexity index is 490. The first kappa shape index (κ1) is 12.5. The summed E-state index contributed by atoms with van der Waals surface area (Å²) in [7, 11) is 0. The lowest BCUT2D eigenvalue weighted by molar-refractivity contribution is -0.387. The molecule has 6 heteroatoms. The Hall–Kier alpha value is -1.98. The average Bonchev–Trinajstić information content (AvgIpc) is 2.32. The number of carbonyl (C=O) groups excluding carboxylic acids is 1. The van der Waals surface area contributed by atoms with Crippen LogP contribution in [0.1, 0.15) is 24.8 Å². The van der Waals surface area contributed by atoms with E-state index < -0.39 is 16.4 Å². The molecule has 1 saturated heterocycles. The molecule has 5 nitrogen and oxygen atoms in total. The van der Waals surface area contributed by atoms with Gasteiger partial charge in [-0.1, -0.05) is 6.07 Å². The fourth-order valence-electron chi connectivity index (χ4n) is 2.05. The van der Waals surface area contributed by atoms with Gasteiger partial charge in [0, 0.05) is 25.6 Å². The molecule has 2 rings (SSSR count). The summed E-state index contributed by atoms with van der Waals surface area (Å²) in [6.07, 6.45) is 2.36. The van der Waals surface area contributed by atoms with E-state index in [0.717, 1.165) is 25.0 Å². The first-order chi connectivity index (χ1) is 8.58. The van der Waals surface area contributed by atoms with Gasteiger partial charge in [-0.25, -0.2) is 0 Å². The maximum absolute atomic E-state index is 13.4. The van der Waals surface area contributed by atoms with Crippen molar-refractivity contribution < 1.29 is 14.1 Å². The Balaban J connectivity index is 2.12. The lowest BCUT2D eigenvalue weighted by atomic mass is 10.1. The van der Waals surface area contributed by atoms with Crippen LogP contribution in [0.3, 0.4) is 0 Å². The van der Waals surface area contributed by atoms with Crippen LogP contribution in [0, 0.1) is 15.9 Å². The lowest BCUT2D eigenvalue weighted by Gasteiger charge is -2.26. The summed E-state index contributed by atoms with van der Waals surface area (Å²) in [6.45, 7) is 0.977. The maximum atomic E-state index is 13.4. The number of benzene rings is 1. The summed E-state index contributed by atoms with van der Waals surface area (Å²) >= 11 is 0. The van der Waals surface area contributed by atoms with Crippen molar-refractivity contribution in [1.82, 2.24) is 4.90 Å². The van der Waals surface area contributed by atoms with Crippen molar-refractivity contribution in [3.8, 4) is 0 Å². The smallest absolute Gasteiger partial charge is 0.304 e. The van der Waals surface area contributed by atoms with E-state index in [0.29, 0.717) is 25.1 Å². The van der Waals surface area contributed by atoms with Crippen LogP contribution in [0.25, 0.3) is 0 Å². The monoisotopic (exact) mass is 252 g/mol. The molecule has 1 aromatic carbocycles. The Kier molecular flexibility index (Phi) is 3.55. The van der Waals surface area contributed by atoms with E-state index in [1.54, 1.807) is 4.90 Å². The molecule has 0 aromatic heterocycles. The molecule has 1 heterocycles. The van der Waals surface area contributed by atoms with Gasteiger partial charge in [0.05, 0.1) is 4.92 Å². The number of piperidine rings is 1. The van der Waals surface area contributed by atoms with Crippen LogP contribution < -0.4 is 0 Å². The highest BCUT2D eigenvalue weighted by Gasteiger charge is 2.19. The minimum absolute atomic E-state index is 0.0556. The molecule has 96 valence electrons. The van der Waals surface area contributed by atoms with Crippen LogP contribution in [0.2, 0.25) is 0 Å². The van der Waals surface area contributed by atoms with Crippen molar-refractivity contribution in [1.29, 1.82) is 0 Å². The highest BCUT2D eigenvalue weighted by Crippen LogP contribution is 2.20. The molecular formula is C12H13FN2O3. The number of carbonyl (C=O) groups is 1. The van der Waals surface area contributed by atoms with Crippen molar-refractivity contribution >= 4 is 11.6 Å². The van der Waals surface area contributed by atoms with Crippen molar-refractivity contribution in [3.05, 3.63) is 39.7 Å². The third-order valence-corrected chi connectivity index (χ3v) is 3.00. The van der Waals surface area contributed by atoms with E-state index in [-0.39, 0.29) is 5.91 Å². The third-order valence-electron chi connectivity index (χ3n) is 3.00. The van der Waals surface area contributed by atoms with Gasteiger partial charge in [0.25, 0.3) is 0 Å². The second-order valence-corrected chi connectivity index (χ2v) is 4.32. The standard InChI is InChI=1S/C12H13FN2O3/c13-10-7-9(4-5-11(10)15(17)18)8-14-6-2-1-3-12(14)16/h4-5,7H,1-3,6,8H2. The molecule has 0 bridgehead atoms. The number of nitrogens with zero attached hydrogens (tertiary/aromatic N) is 2. The normalized spacial score (nSPS) is 15.8. The van der Waals surface area contributed by atoms with Gasteiger partial charge in [-0.15, -0.1) is 0 Å². The van der Waals surface area contributed by atoms with Crippen LogP contribution in [-0.2, 0) is 11.3 Å². The lowest BCUT2D eigenvalue weighted by Crippen LogP contribution is -2.34. The van der Waals surface area contributed by atoms with Gasteiger partial charge in [-0.2, -0.15) is 4.39 Å². The van der Waals surface area contributed by atoms with Gasteiger partial charge in [-0.3, -0.25) is 14.9 Å². The quantitative estimate of drug-likeness (QED) is 0.612. The van der Waals surface area contributed by atoms with Gasteiger partial charge in [-0.05, 0) is 24.5 Å². The second-order valence-electron chi connectivity index (χ2n) is 4.32. The van der Waals surface area contributed by atoms with Crippen LogP contribution in [0.5, 0.6) is 0 Å². The molecule has 0 spiro atoms. The maximum Gasteiger partial charge on any atom is 0.304 e. The predicted molar refractivity (Wildman–Crippen MR) is 62.3 cm³/mol. The van der Waals surface area contributed by atoms with Gasteiger partial charge in [0.15, 0.2) is 0 Å². The average molecular weight is 252 g/mol. The minimum atomic E-state index is -0.859. The fraction of sp³-hybridized carbons (Fsp3) is 0.417. The SMILES string of the molecule is O=C1CCCCN1Cc1ccc([N+](=O)[O-])c(F)c1. The van der Waals surface area contributed by atoms with E-state index in [4.69, 9.17) is 0 Å². The molecule has 0 atom stereocenters. The number of nitro groups is 1. The number of halogens is 1. The molecule has 0 N–H and O–H groups in total. The molecule has 1 aliphatic heterocycles. The second kappa shape index (κ2) is 5.12. The van der Waals surface area contributed by atoms with Crippen molar-refractivity contribution in [2.45, 2.75) is 25.8 Å². The first-order valence-electron chi connectivity index (χ1n) is 5.78. The van der Waals surface area contributed by atoms with Crippen molar-refractivity contribution in [2.75, 3.05) is 6.54 Å². The van der Waals surface area contributed by atoms with Gasteiger partial charge in [0.1, 0.15) is 0 Å². The third kappa shape index (κ3) is 2.64. The molecule has 0 aliphatic carbocycles. The number of hydrogen-bond acceptors (Lipinski definition) is 3. The van der Waals surface area contributed by atoms with E-state index in [1.807, 2.05) is 0 Å². The molecule has 0 radical (unpaired) electrons.